The summed E-state index contributed by atoms with van der Waals surface area (Å²) in [6.45, 7) is -0.230. The molecular weight excluding hydrogens is 206 g/mol. The van der Waals surface area contributed by atoms with Crippen LogP contribution in [0.1, 0.15) is 12.1 Å². The molecule has 0 saturated carbocycles. The lowest BCUT2D eigenvalue weighted by atomic mass is 10.1. The van der Waals surface area contributed by atoms with E-state index in [2.05, 4.69) is 5.10 Å². The van der Waals surface area contributed by atoms with Crippen molar-refractivity contribution < 1.29 is 18.6 Å². The fourth-order valence-electron chi connectivity index (χ4n) is 1.61. The number of hydrogen-bond acceptors (Lipinski definition) is 3. The molecule has 6 heteroatoms. The number of ether oxygens (including phenoxy) is 1. The number of halogens is 2. The molecule has 1 unspecified atom stereocenters. The minimum atomic E-state index is -2.49. The minimum Gasteiger partial charge on any atom is -0.471 e. The topological polar surface area (TPSA) is 47.3 Å². The molecule has 4 nitrogen and oxygen atoms in total. The van der Waals surface area contributed by atoms with Crippen molar-refractivity contribution >= 4 is 0 Å². The van der Waals surface area contributed by atoms with E-state index in [1.54, 1.807) is 10.7 Å². The molecule has 1 atom stereocenters. The second-order valence-corrected chi connectivity index (χ2v) is 3.55. The normalized spacial score (nSPS) is 20.4. The fourth-order valence-corrected chi connectivity index (χ4v) is 1.61. The van der Waals surface area contributed by atoms with E-state index >= 15 is 0 Å². The van der Waals surface area contributed by atoms with Crippen LogP contribution in [0.2, 0.25) is 0 Å². The van der Waals surface area contributed by atoms with Gasteiger partial charge in [-0.1, -0.05) is 0 Å². The number of aryl methyl sites for hydroxylation is 1. The predicted octanol–water partition coefficient (Wildman–Crippen LogP) is 0.834. The summed E-state index contributed by atoms with van der Waals surface area (Å²) in [4.78, 5) is 0. The van der Waals surface area contributed by atoms with Gasteiger partial charge in [-0.15, -0.1) is 5.10 Å². The lowest BCUT2D eigenvalue weighted by Crippen LogP contribution is -2.24. The molecule has 0 amide bonds. The van der Waals surface area contributed by atoms with Crippen LogP contribution < -0.4 is 4.74 Å². The molecule has 1 N–H and O–H groups in total. The Morgan fingerprint density at radius 3 is 3.20 bits per heavy atom. The van der Waals surface area contributed by atoms with E-state index in [1.165, 1.54) is 0 Å². The summed E-state index contributed by atoms with van der Waals surface area (Å²) in [6, 6.07) is 1.65. The second kappa shape index (κ2) is 4.14. The van der Waals surface area contributed by atoms with Gasteiger partial charge < -0.3 is 9.84 Å². The first-order valence-corrected chi connectivity index (χ1v) is 4.81. The molecule has 1 aromatic heterocycles. The lowest BCUT2D eigenvalue weighted by molar-refractivity contribution is 0.0784. The molecule has 0 spiro atoms. The first-order chi connectivity index (χ1) is 7.15. The van der Waals surface area contributed by atoms with E-state index in [0.717, 1.165) is 5.69 Å². The van der Waals surface area contributed by atoms with E-state index in [0.29, 0.717) is 19.4 Å². The van der Waals surface area contributed by atoms with Crippen LogP contribution in [0, 0.1) is 0 Å². The van der Waals surface area contributed by atoms with Crippen LogP contribution in [-0.4, -0.2) is 34.0 Å². The fraction of sp³-hybridized carbons (Fsp3) is 0.667. The molecule has 2 heterocycles. The number of fused-ring (bicyclic) bond motifs is 1. The van der Waals surface area contributed by atoms with E-state index in [1.807, 2.05) is 0 Å². The van der Waals surface area contributed by atoms with Gasteiger partial charge in [0.2, 0.25) is 5.88 Å². The van der Waals surface area contributed by atoms with Gasteiger partial charge in [0, 0.05) is 11.8 Å². The Morgan fingerprint density at radius 1 is 1.67 bits per heavy atom. The number of aliphatic hydroxyl groups excluding tert-OH is 1. The van der Waals surface area contributed by atoms with Gasteiger partial charge in [-0.3, -0.25) is 4.68 Å². The van der Waals surface area contributed by atoms with Crippen molar-refractivity contribution in [3.8, 4) is 5.88 Å². The molecule has 0 radical (unpaired) electrons. The summed E-state index contributed by atoms with van der Waals surface area (Å²) in [5, 5.41) is 13.3. The first-order valence-electron chi connectivity index (χ1n) is 4.81. The standard InChI is InChI=1S/C9H12F2N2O2/c10-8(11)5-15-9-3-6-1-2-7(14)4-13(6)12-9/h3,7-8,14H,1-2,4-5H2. The third-order valence-electron chi connectivity index (χ3n) is 2.32. The molecule has 1 aliphatic heterocycles. The highest BCUT2D eigenvalue weighted by atomic mass is 19.3. The predicted molar refractivity (Wildman–Crippen MR) is 48.1 cm³/mol. The smallest absolute Gasteiger partial charge is 0.272 e. The van der Waals surface area contributed by atoms with E-state index in [4.69, 9.17) is 4.74 Å². The average Bonchev–Trinajstić information content (AvgIpc) is 2.56. The van der Waals surface area contributed by atoms with Gasteiger partial charge in [0.15, 0.2) is 6.61 Å². The maximum absolute atomic E-state index is 11.9. The Balaban J connectivity index is 2.03. The number of alkyl halides is 2. The molecule has 0 aromatic carbocycles. The number of rotatable bonds is 3. The third-order valence-corrected chi connectivity index (χ3v) is 2.32. The van der Waals surface area contributed by atoms with Crippen LogP contribution in [-0.2, 0) is 13.0 Å². The maximum Gasteiger partial charge on any atom is 0.272 e. The number of hydrogen-bond donors (Lipinski definition) is 1. The molecule has 0 saturated heterocycles. The first kappa shape index (κ1) is 10.4. The van der Waals surface area contributed by atoms with Crippen LogP contribution in [0.15, 0.2) is 6.07 Å². The number of aromatic nitrogens is 2. The van der Waals surface area contributed by atoms with Gasteiger partial charge in [0.05, 0.1) is 12.6 Å². The number of aliphatic hydroxyl groups is 1. The molecule has 1 aliphatic rings. The van der Waals surface area contributed by atoms with Crippen molar-refractivity contribution in [1.29, 1.82) is 0 Å². The summed E-state index contributed by atoms with van der Waals surface area (Å²) in [6.07, 6.45) is -1.51. The highest BCUT2D eigenvalue weighted by Crippen LogP contribution is 2.19. The van der Waals surface area contributed by atoms with Gasteiger partial charge in [-0.2, -0.15) is 0 Å². The van der Waals surface area contributed by atoms with Crippen molar-refractivity contribution in [2.45, 2.75) is 31.9 Å². The second-order valence-electron chi connectivity index (χ2n) is 3.55. The van der Waals surface area contributed by atoms with Crippen LogP contribution in [0.25, 0.3) is 0 Å². The van der Waals surface area contributed by atoms with Gasteiger partial charge in [-0.25, -0.2) is 8.78 Å². The Morgan fingerprint density at radius 2 is 2.47 bits per heavy atom. The Bertz CT molecular complexity index is 341. The summed E-state index contributed by atoms with van der Waals surface area (Å²) in [5.74, 6) is 0.208. The van der Waals surface area contributed by atoms with Crippen molar-refractivity contribution in [3.05, 3.63) is 11.8 Å². The third kappa shape index (κ3) is 2.44. The van der Waals surface area contributed by atoms with Gasteiger partial charge in [0.1, 0.15) is 0 Å². The van der Waals surface area contributed by atoms with Crippen molar-refractivity contribution in [2.24, 2.45) is 0 Å². The molecule has 15 heavy (non-hydrogen) atoms. The van der Waals surface area contributed by atoms with Crippen LogP contribution >= 0.6 is 0 Å². The van der Waals surface area contributed by atoms with Gasteiger partial charge in [0.25, 0.3) is 6.43 Å². The molecule has 0 bridgehead atoms. The van der Waals surface area contributed by atoms with Crippen molar-refractivity contribution in [1.82, 2.24) is 9.78 Å². The van der Waals surface area contributed by atoms with Gasteiger partial charge in [-0.05, 0) is 12.8 Å². The lowest BCUT2D eigenvalue weighted by Gasteiger charge is -2.17. The summed E-state index contributed by atoms with van der Waals surface area (Å²) in [7, 11) is 0. The monoisotopic (exact) mass is 218 g/mol. The number of nitrogens with zero attached hydrogens (tertiary/aromatic N) is 2. The van der Waals surface area contributed by atoms with Crippen molar-refractivity contribution in [2.75, 3.05) is 6.61 Å². The van der Waals surface area contributed by atoms with E-state index in [9.17, 15) is 13.9 Å². The zero-order valence-electron chi connectivity index (χ0n) is 8.07. The van der Waals surface area contributed by atoms with E-state index < -0.39 is 19.1 Å². The zero-order valence-corrected chi connectivity index (χ0v) is 8.07. The van der Waals surface area contributed by atoms with Gasteiger partial charge >= 0.3 is 0 Å². The average molecular weight is 218 g/mol. The van der Waals surface area contributed by atoms with E-state index in [-0.39, 0.29) is 5.88 Å². The van der Waals surface area contributed by atoms with Crippen molar-refractivity contribution in [3.63, 3.8) is 0 Å². The highest BCUT2D eigenvalue weighted by Gasteiger charge is 2.19. The molecule has 84 valence electrons. The Kier molecular flexibility index (Phi) is 2.86. The summed E-state index contributed by atoms with van der Waals surface area (Å²) < 4.78 is 30.1. The van der Waals surface area contributed by atoms with Crippen LogP contribution in [0.5, 0.6) is 5.88 Å². The summed E-state index contributed by atoms with van der Waals surface area (Å²) >= 11 is 0. The molecular formula is C9H12F2N2O2. The quantitative estimate of drug-likeness (QED) is 0.817. The van der Waals surface area contributed by atoms with Crippen LogP contribution in [0.4, 0.5) is 8.78 Å². The highest BCUT2D eigenvalue weighted by molar-refractivity contribution is 5.17. The maximum atomic E-state index is 11.9. The molecule has 1 aromatic rings. The minimum absolute atomic E-state index is 0.208. The molecule has 0 fully saturated rings. The largest absolute Gasteiger partial charge is 0.471 e. The Labute approximate surface area is 85.5 Å². The SMILES string of the molecule is OC1CCc2cc(OCC(F)F)nn2C1. The summed E-state index contributed by atoms with van der Waals surface area (Å²) in [5.41, 5.74) is 0.921. The zero-order chi connectivity index (χ0) is 10.8. The molecule has 2 rings (SSSR count). The van der Waals surface area contributed by atoms with Crippen LogP contribution in [0.3, 0.4) is 0 Å². The Hall–Kier alpha value is -1.17. The molecule has 0 aliphatic carbocycles.